The summed E-state index contributed by atoms with van der Waals surface area (Å²) in [6.45, 7) is 3.93. The second-order valence-corrected chi connectivity index (χ2v) is 7.45. The predicted octanol–water partition coefficient (Wildman–Crippen LogP) is 4.90. The van der Waals surface area contributed by atoms with Crippen LogP contribution in [0.1, 0.15) is 22.4 Å². The van der Waals surface area contributed by atoms with E-state index in [2.05, 4.69) is 16.5 Å². The maximum Gasteiger partial charge on any atom is 0.435 e. The lowest BCUT2D eigenvalue weighted by atomic mass is 10.0. The topological polar surface area (TPSA) is 56.1 Å². The van der Waals surface area contributed by atoms with Crippen molar-refractivity contribution in [1.29, 1.82) is 0 Å². The molecule has 0 saturated heterocycles. The van der Waals surface area contributed by atoms with Gasteiger partial charge < -0.3 is 10.1 Å². The highest BCUT2D eigenvalue weighted by molar-refractivity contribution is 6.32. The molecule has 1 amide bonds. The summed E-state index contributed by atoms with van der Waals surface area (Å²) in [7, 11) is 0. The number of aryl methyl sites for hydroxylation is 2. The van der Waals surface area contributed by atoms with E-state index in [1.165, 1.54) is 12.1 Å². The van der Waals surface area contributed by atoms with Gasteiger partial charge in [0.15, 0.2) is 12.3 Å². The molecule has 3 rings (SSSR count). The molecular formula is C22H21ClF3N3O2. The second-order valence-electron chi connectivity index (χ2n) is 7.05. The van der Waals surface area contributed by atoms with Crippen molar-refractivity contribution in [1.82, 2.24) is 15.1 Å². The zero-order valence-electron chi connectivity index (χ0n) is 17.0. The fraction of sp³-hybridized carbons (Fsp3) is 0.273. The van der Waals surface area contributed by atoms with Gasteiger partial charge in [-0.1, -0.05) is 47.5 Å². The standard InChI is InChI=1S/C22H21ClF3N3O2/c1-14-7-8-16(15(2)11-14)9-10-27-20(30)13-31-21-12-19(22(24,25)26)28-29(21)18-6-4-3-5-17(18)23/h3-8,11-12H,9-10,13H2,1-2H3,(H,27,30). The van der Waals surface area contributed by atoms with E-state index in [0.717, 1.165) is 27.4 Å². The van der Waals surface area contributed by atoms with Crippen LogP contribution >= 0.6 is 11.6 Å². The van der Waals surface area contributed by atoms with Crippen molar-refractivity contribution in [2.75, 3.05) is 13.2 Å². The highest BCUT2D eigenvalue weighted by Crippen LogP contribution is 2.33. The minimum atomic E-state index is -4.67. The van der Waals surface area contributed by atoms with Crippen LogP contribution in [0.3, 0.4) is 0 Å². The van der Waals surface area contributed by atoms with Crippen LogP contribution in [0.2, 0.25) is 5.02 Å². The zero-order valence-corrected chi connectivity index (χ0v) is 17.7. The lowest BCUT2D eigenvalue weighted by Gasteiger charge is -2.11. The summed E-state index contributed by atoms with van der Waals surface area (Å²) < 4.78 is 45.7. The largest absolute Gasteiger partial charge is 0.467 e. The summed E-state index contributed by atoms with van der Waals surface area (Å²) in [6, 6.07) is 13.1. The Hall–Kier alpha value is -3.00. The van der Waals surface area contributed by atoms with Gasteiger partial charge in [-0.05, 0) is 43.5 Å². The molecule has 0 fully saturated rings. The number of hydrogen-bond acceptors (Lipinski definition) is 3. The molecule has 0 atom stereocenters. The van der Waals surface area contributed by atoms with Crippen molar-refractivity contribution >= 4 is 17.5 Å². The van der Waals surface area contributed by atoms with Crippen molar-refractivity contribution in [3.63, 3.8) is 0 Å². The number of halogens is 4. The Labute approximate surface area is 182 Å². The van der Waals surface area contributed by atoms with Crippen molar-refractivity contribution in [3.05, 3.63) is 75.9 Å². The summed E-state index contributed by atoms with van der Waals surface area (Å²) >= 11 is 6.09. The number of nitrogens with zero attached hydrogens (tertiary/aromatic N) is 2. The van der Waals surface area contributed by atoms with Gasteiger partial charge in [-0.25, -0.2) is 0 Å². The van der Waals surface area contributed by atoms with E-state index < -0.39 is 24.4 Å². The minimum absolute atomic E-state index is 0.196. The number of benzene rings is 2. The first-order valence-electron chi connectivity index (χ1n) is 9.53. The van der Waals surface area contributed by atoms with E-state index in [1.54, 1.807) is 12.1 Å². The van der Waals surface area contributed by atoms with Gasteiger partial charge >= 0.3 is 6.18 Å². The smallest absolute Gasteiger partial charge is 0.435 e. The average molecular weight is 452 g/mol. The molecule has 31 heavy (non-hydrogen) atoms. The highest BCUT2D eigenvalue weighted by Gasteiger charge is 2.36. The Morgan fingerprint density at radius 3 is 2.58 bits per heavy atom. The van der Waals surface area contributed by atoms with Crippen LogP contribution in [0.25, 0.3) is 5.69 Å². The van der Waals surface area contributed by atoms with Crippen LogP contribution in [0.15, 0.2) is 48.5 Å². The Morgan fingerprint density at radius 1 is 1.16 bits per heavy atom. The molecule has 0 unspecified atom stereocenters. The summed E-state index contributed by atoms with van der Waals surface area (Å²) in [5.74, 6) is -0.685. The molecule has 0 aliphatic carbocycles. The molecule has 0 saturated carbocycles. The number of para-hydroxylation sites is 1. The number of rotatable bonds is 7. The molecule has 9 heteroatoms. The molecule has 2 aromatic carbocycles. The van der Waals surface area contributed by atoms with E-state index in [9.17, 15) is 18.0 Å². The van der Waals surface area contributed by atoms with E-state index in [1.807, 2.05) is 26.0 Å². The third kappa shape index (κ3) is 5.79. The molecule has 1 N–H and O–H groups in total. The molecule has 1 heterocycles. The fourth-order valence-electron chi connectivity index (χ4n) is 3.05. The van der Waals surface area contributed by atoms with E-state index in [-0.39, 0.29) is 16.6 Å². The summed E-state index contributed by atoms with van der Waals surface area (Å²) in [6.07, 6.45) is -4.04. The van der Waals surface area contributed by atoms with Gasteiger partial charge in [0, 0.05) is 12.6 Å². The molecule has 0 aliphatic heterocycles. The third-order valence-electron chi connectivity index (χ3n) is 4.61. The molecule has 164 valence electrons. The normalized spacial score (nSPS) is 11.4. The number of alkyl halides is 3. The predicted molar refractivity (Wildman–Crippen MR) is 112 cm³/mol. The van der Waals surface area contributed by atoms with Gasteiger partial charge in [-0.3, -0.25) is 4.79 Å². The summed E-state index contributed by atoms with van der Waals surface area (Å²) in [5.41, 5.74) is 2.47. The lowest BCUT2D eigenvalue weighted by Crippen LogP contribution is -2.31. The number of carbonyl (C=O) groups is 1. The van der Waals surface area contributed by atoms with Gasteiger partial charge in [0.2, 0.25) is 5.88 Å². The fourth-order valence-corrected chi connectivity index (χ4v) is 3.27. The number of hydrogen-bond donors (Lipinski definition) is 1. The molecule has 3 aromatic rings. The van der Waals surface area contributed by atoms with Gasteiger partial charge in [-0.15, -0.1) is 0 Å². The summed E-state index contributed by atoms with van der Waals surface area (Å²) in [4.78, 5) is 12.2. The lowest BCUT2D eigenvalue weighted by molar-refractivity contribution is -0.141. The Morgan fingerprint density at radius 2 is 1.90 bits per heavy atom. The first-order chi connectivity index (χ1) is 14.6. The molecule has 0 aliphatic rings. The Bertz CT molecular complexity index is 1080. The number of ether oxygens (including phenoxy) is 1. The van der Waals surface area contributed by atoms with Crippen LogP contribution < -0.4 is 10.1 Å². The highest BCUT2D eigenvalue weighted by atomic mass is 35.5. The first kappa shape index (κ1) is 22.7. The molecule has 5 nitrogen and oxygen atoms in total. The van der Waals surface area contributed by atoms with Crippen LogP contribution in [0.4, 0.5) is 13.2 Å². The average Bonchev–Trinajstić information content (AvgIpc) is 3.13. The SMILES string of the molecule is Cc1ccc(CCNC(=O)COc2cc(C(F)(F)F)nn2-c2ccccc2Cl)c(C)c1. The quantitative estimate of drug-likeness (QED) is 0.556. The van der Waals surface area contributed by atoms with E-state index in [4.69, 9.17) is 16.3 Å². The number of aromatic nitrogens is 2. The Kier molecular flexibility index (Phi) is 6.90. The molecule has 0 bridgehead atoms. The zero-order chi connectivity index (χ0) is 22.6. The summed E-state index contributed by atoms with van der Waals surface area (Å²) in [5, 5.41) is 6.46. The van der Waals surface area contributed by atoms with E-state index in [0.29, 0.717) is 13.0 Å². The third-order valence-corrected chi connectivity index (χ3v) is 4.93. The van der Waals surface area contributed by atoms with Gasteiger partial charge in [0.25, 0.3) is 5.91 Å². The van der Waals surface area contributed by atoms with Crippen LogP contribution in [0, 0.1) is 13.8 Å². The van der Waals surface area contributed by atoms with Crippen LogP contribution in [-0.4, -0.2) is 28.8 Å². The molecule has 0 radical (unpaired) electrons. The number of amides is 1. The maximum absolute atomic E-state index is 13.1. The monoisotopic (exact) mass is 451 g/mol. The minimum Gasteiger partial charge on any atom is -0.467 e. The van der Waals surface area contributed by atoms with Gasteiger partial charge in [-0.2, -0.15) is 23.0 Å². The first-order valence-corrected chi connectivity index (χ1v) is 9.91. The van der Waals surface area contributed by atoms with Crippen molar-refractivity contribution in [2.24, 2.45) is 0 Å². The number of nitrogens with one attached hydrogen (secondary N) is 1. The van der Waals surface area contributed by atoms with Gasteiger partial charge in [0.1, 0.15) is 0 Å². The van der Waals surface area contributed by atoms with Crippen LogP contribution in [-0.2, 0) is 17.4 Å². The Balaban J connectivity index is 1.65. The van der Waals surface area contributed by atoms with E-state index >= 15 is 0 Å². The second kappa shape index (κ2) is 9.43. The van der Waals surface area contributed by atoms with Crippen LogP contribution in [0.5, 0.6) is 5.88 Å². The van der Waals surface area contributed by atoms with Crippen molar-refractivity contribution in [2.45, 2.75) is 26.4 Å². The maximum atomic E-state index is 13.1. The molecule has 0 spiro atoms. The molecule has 1 aromatic heterocycles. The van der Waals surface area contributed by atoms with Crippen molar-refractivity contribution in [3.8, 4) is 11.6 Å². The van der Waals surface area contributed by atoms with Crippen molar-refractivity contribution < 1.29 is 22.7 Å². The number of carbonyl (C=O) groups excluding carboxylic acids is 1. The molecular weight excluding hydrogens is 431 g/mol. The van der Waals surface area contributed by atoms with Gasteiger partial charge in [0.05, 0.1) is 10.7 Å².